The summed E-state index contributed by atoms with van der Waals surface area (Å²) in [6.07, 6.45) is 3.64. The largest absolute Gasteiger partial charge is 0.464 e. The molecule has 0 radical (unpaired) electrons. The Labute approximate surface area is 165 Å². The first-order valence-corrected chi connectivity index (χ1v) is 11.0. The highest BCUT2D eigenvalue weighted by molar-refractivity contribution is 7.89. The van der Waals surface area contributed by atoms with E-state index in [1.165, 1.54) is 26.0 Å². The highest BCUT2D eigenvalue weighted by Crippen LogP contribution is 2.24. The van der Waals surface area contributed by atoms with Crippen molar-refractivity contribution < 1.29 is 27.5 Å². The van der Waals surface area contributed by atoms with Gasteiger partial charge in [-0.2, -0.15) is 4.31 Å². The van der Waals surface area contributed by atoms with Gasteiger partial charge in [-0.25, -0.2) is 13.2 Å². The lowest BCUT2D eigenvalue weighted by Crippen LogP contribution is -2.49. The van der Waals surface area contributed by atoms with Crippen LogP contribution in [0.2, 0.25) is 0 Å². The van der Waals surface area contributed by atoms with Crippen molar-refractivity contribution in [1.29, 1.82) is 0 Å². The average Bonchev–Trinajstić information content (AvgIpc) is 3.11. The number of aromatic nitrogens is 1. The van der Waals surface area contributed by atoms with E-state index in [1.54, 1.807) is 14.0 Å². The van der Waals surface area contributed by atoms with Gasteiger partial charge in [0.25, 0.3) is 5.91 Å². The van der Waals surface area contributed by atoms with Crippen LogP contribution in [-0.2, 0) is 31.3 Å². The highest BCUT2D eigenvalue weighted by Gasteiger charge is 2.36. The molecule has 0 aromatic carbocycles. The number of esters is 1. The average molecular weight is 413 g/mol. The van der Waals surface area contributed by atoms with E-state index in [0.29, 0.717) is 26.2 Å². The quantitative estimate of drug-likeness (QED) is 0.656. The number of likely N-dealkylation sites (tertiary alicyclic amines) is 1. The van der Waals surface area contributed by atoms with Gasteiger partial charge in [-0.1, -0.05) is 0 Å². The molecule has 1 aromatic heterocycles. The van der Waals surface area contributed by atoms with E-state index >= 15 is 0 Å². The molecule has 2 fully saturated rings. The molecule has 2 aliphatic rings. The first-order valence-electron chi connectivity index (χ1n) is 9.58. The molecule has 2 saturated heterocycles. The SMILES string of the molecule is CCOC(=O)[C@H]1CCCCN1C(=O)c1cc(S(=O)(=O)N2CCOCC2)cn1C. The molecule has 0 bridgehead atoms. The van der Waals surface area contributed by atoms with E-state index < -0.39 is 22.0 Å². The number of amides is 1. The topological polar surface area (TPSA) is 98.2 Å². The Balaban J connectivity index is 1.85. The van der Waals surface area contributed by atoms with E-state index in [0.717, 1.165) is 12.8 Å². The summed E-state index contributed by atoms with van der Waals surface area (Å²) < 4.78 is 38.9. The van der Waals surface area contributed by atoms with Crippen LogP contribution in [0.3, 0.4) is 0 Å². The molecule has 28 heavy (non-hydrogen) atoms. The zero-order chi connectivity index (χ0) is 20.3. The maximum Gasteiger partial charge on any atom is 0.328 e. The third-order valence-electron chi connectivity index (χ3n) is 5.13. The molecule has 1 atom stereocenters. The number of morpholine rings is 1. The van der Waals surface area contributed by atoms with Crippen LogP contribution in [0, 0.1) is 0 Å². The van der Waals surface area contributed by atoms with Gasteiger partial charge < -0.3 is 18.9 Å². The summed E-state index contributed by atoms with van der Waals surface area (Å²) in [7, 11) is -2.06. The molecule has 3 rings (SSSR count). The van der Waals surface area contributed by atoms with Gasteiger partial charge in [0.15, 0.2) is 0 Å². The molecule has 2 aliphatic heterocycles. The Bertz CT molecular complexity index is 828. The number of piperidine rings is 1. The molecule has 9 nitrogen and oxygen atoms in total. The molecule has 1 aromatic rings. The molecule has 0 N–H and O–H groups in total. The molecule has 156 valence electrons. The van der Waals surface area contributed by atoms with Gasteiger partial charge in [0.2, 0.25) is 10.0 Å². The Morgan fingerprint density at radius 1 is 1.21 bits per heavy atom. The molecule has 0 unspecified atom stereocenters. The molecule has 0 spiro atoms. The van der Waals surface area contributed by atoms with E-state index in [9.17, 15) is 18.0 Å². The van der Waals surface area contributed by atoms with Gasteiger partial charge in [0.05, 0.1) is 19.8 Å². The van der Waals surface area contributed by atoms with Crippen LogP contribution in [0.4, 0.5) is 0 Å². The number of carbonyl (C=O) groups excluding carboxylic acids is 2. The molecular weight excluding hydrogens is 386 g/mol. The van der Waals surface area contributed by atoms with Gasteiger partial charge in [-0.15, -0.1) is 0 Å². The van der Waals surface area contributed by atoms with Gasteiger partial charge in [-0.3, -0.25) is 4.79 Å². The number of nitrogens with zero attached hydrogens (tertiary/aromatic N) is 3. The summed E-state index contributed by atoms with van der Waals surface area (Å²) >= 11 is 0. The Morgan fingerprint density at radius 2 is 1.93 bits per heavy atom. The Morgan fingerprint density at radius 3 is 2.61 bits per heavy atom. The summed E-state index contributed by atoms with van der Waals surface area (Å²) in [6, 6.07) is 0.764. The number of rotatable bonds is 5. The second-order valence-electron chi connectivity index (χ2n) is 6.95. The second kappa shape index (κ2) is 8.62. The minimum atomic E-state index is -3.70. The van der Waals surface area contributed by atoms with Gasteiger partial charge in [0.1, 0.15) is 16.6 Å². The summed E-state index contributed by atoms with van der Waals surface area (Å²) in [5.41, 5.74) is 0.239. The van der Waals surface area contributed by atoms with Crippen molar-refractivity contribution in [2.45, 2.75) is 37.1 Å². The molecular formula is C18H27N3O6S. The predicted octanol–water partition coefficient (Wildman–Crippen LogP) is 0.604. The minimum Gasteiger partial charge on any atom is -0.464 e. The van der Waals surface area contributed by atoms with Crippen LogP contribution < -0.4 is 0 Å². The number of hydrogen-bond acceptors (Lipinski definition) is 6. The van der Waals surface area contributed by atoms with Gasteiger partial charge >= 0.3 is 5.97 Å². The third-order valence-corrected chi connectivity index (χ3v) is 6.99. The van der Waals surface area contributed by atoms with Crippen molar-refractivity contribution in [3.63, 3.8) is 0 Å². The lowest BCUT2D eigenvalue weighted by Gasteiger charge is -2.34. The first kappa shape index (κ1) is 20.8. The molecule has 3 heterocycles. The van der Waals surface area contributed by atoms with Crippen molar-refractivity contribution in [1.82, 2.24) is 13.8 Å². The van der Waals surface area contributed by atoms with Crippen LogP contribution in [0.25, 0.3) is 0 Å². The van der Waals surface area contributed by atoms with Crippen molar-refractivity contribution in [2.75, 3.05) is 39.5 Å². The molecule has 0 saturated carbocycles. The van der Waals surface area contributed by atoms with E-state index in [2.05, 4.69) is 0 Å². The van der Waals surface area contributed by atoms with E-state index in [-0.39, 0.29) is 36.2 Å². The number of carbonyl (C=O) groups is 2. The van der Waals surface area contributed by atoms with Crippen molar-refractivity contribution >= 4 is 21.9 Å². The smallest absolute Gasteiger partial charge is 0.328 e. The Kier molecular flexibility index (Phi) is 6.41. The molecule has 0 aliphatic carbocycles. The van der Waals surface area contributed by atoms with Crippen molar-refractivity contribution in [3.8, 4) is 0 Å². The Hall–Kier alpha value is -1.91. The monoisotopic (exact) mass is 413 g/mol. The summed E-state index contributed by atoms with van der Waals surface area (Å²) in [4.78, 5) is 27.0. The van der Waals surface area contributed by atoms with Crippen LogP contribution in [0.15, 0.2) is 17.2 Å². The lowest BCUT2D eigenvalue weighted by molar-refractivity contribution is -0.149. The van der Waals surface area contributed by atoms with Crippen molar-refractivity contribution in [3.05, 3.63) is 18.0 Å². The van der Waals surface area contributed by atoms with Crippen LogP contribution in [-0.4, -0.2) is 79.6 Å². The standard InChI is InChI=1S/C18H27N3O6S/c1-3-27-18(23)15-6-4-5-7-21(15)17(22)16-12-14(13-19(16)2)28(24,25)20-8-10-26-11-9-20/h12-13,15H,3-11H2,1-2H3/t15-/m1/s1. The van der Waals surface area contributed by atoms with Gasteiger partial charge in [0, 0.05) is 32.9 Å². The van der Waals surface area contributed by atoms with Gasteiger partial charge in [-0.05, 0) is 32.3 Å². The lowest BCUT2D eigenvalue weighted by atomic mass is 10.0. The first-order chi connectivity index (χ1) is 13.4. The maximum absolute atomic E-state index is 13.1. The highest BCUT2D eigenvalue weighted by atomic mass is 32.2. The zero-order valence-electron chi connectivity index (χ0n) is 16.3. The normalized spacial score (nSPS) is 21.5. The fourth-order valence-corrected chi connectivity index (χ4v) is 5.11. The van der Waals surface area contributed by atoms with Crippen molar-refractivity contribution in [2.24, 2.45) is 7.05 Å². The summed E-state index contributed by atoms with van der Waals surface area (Å²) in [5.74, 6) is -0.769. The zero-order valence-corrected chi connectivity index (χ0v) is 17.1. The number of ether oxygens (including phenoxy) is 2. The van der Waals surface area contributed by atoms with Crippen LogP contribution >= 0.6 is 0 Å². The summed E-state index contributed by atoms with van der Waals surface area (Å²) in [5, 5.41) is 0. The van der Waals surface area contributed by atoms with E-state index in [4.69, 9.17) is 9.47 Å². The third kappa shape index (κ3) is 4.08. The fraction of sp³-hybridized carbons (Fsp3) is 0.667. The minimum absolute atomic E-state index is 0.0740. The molecule has 1 amide bonds. The number of sulfonamides is 1. The predicted molar refractivity (Wildman–Crippen MR) is 100 cm³/mol. The van der Waals surface area contributed by atoms with Crippen LogP contribution in [0.1, 0.15) is 36.7 Å². The maximum atomic E-state index is 13.1. The molecule has 10 heteroatoms. The van der Waals surface area contributed by atoms with E-state index in [1.807, 2.05) is 0 Å². The summed E-state index contributed by atoms with van der Waals surface area (Å²) in [6.45, 7) is 3.71. The number of aryl methyl sites for hydroxylation is 1. The fourth-order valence-electron chi connectivity index (χ4n) is 3.63. The second-order valence-corrected chi connectivity index (χ2v) is 8.89. The van der Waals surface area contributed by atoms with Crippen LogP contribution in [0.5, 0.6) is 0 Å². The number of hydrogen-bond donors (Lipinski definition) is 0.